The number of thioether (sulfide) groups is 1. The minimum atomic E-state index is 0.694. The summed E-state index contributed by atoms with van der Waals surface area (Å²) < 4.78 is 1.13. The van der Waals surface area contributed by atoms with Crippen LogP contribution >= 0.6 is 23.1 Å². The fourth-order valence-corrected chi connectivity index (χ4v) is 3.06. The number of hydrogen-bond donors (Lipinski definition) is 1. The Labute approximate surface area is 115 Å². The highest BCUT2D eigenvalue weighted by Crippen LogP contribution is 2.20. The van der Waals surface area contributed by atoms with Gasteiger partial charge in [-0.2, -0.15) is 5.26 Å². The van der Waals surface area contributed by atoms with Gasteiger partial charge >= 0.3 is 0 Å². The zero-order valence-corrected chi connectivity index (χ0v) is 11.4. The van der Waals surface area contributed by atoms with Crippen LogP contribution in [-0.2, 0) is 0 Å². The van der Waals surface area contributed by atoms with Crippen LogP contribution in [0.2, 0.25) is 0 Å². The zero-order chi connectivity index (χ0) is 12.6. The maximum atomic E-state index is 8.69. The smallest absolute Gasteiger partial charge is 0.149 e. The molecule has 92 valence electrons. The van der Waals surface area contributed by atoms with Gasteiger partial charge in [-0.3, -0.25) is 0 Å². The van der Waals surface area contributed by atoms with Crippen molar-refractivity contribution in [2.45, 2.75) is 10.8 Å². The lowest BCUT2D eigenvalue weighted by Gasteiger charge is -2.05. The fourth-order valence-electron chi connectivity index (χ4n) is 1.41. The van der Waals surface area contributed by atoms with E-state index in [2.05, 4.69) is 16.4 Å². The van der Waals surface area contributed by atoms with Crippen molar-refractivity contribution in [1.29, 1.82) is 5.26 Å². The lowest BCUT2D eigenvalue weighted by atomic mass is 10.2. The fraction of sp³-hybridized carbons (Fsp3) is 0.231. The van der Waals surface area contributed by atoms with E-state index in [1.807, 2.05) is 35.8 Å². The van der Waals surface area contributed by atoms with Gasteiger partial charge < -0.3 is 5.32 Å². The number of anilines is 1. The molecule has 0 atom stereocenters. The first-order valence-electron chi connectivity index (χ1n) is 5.65. The highest BCUT2D eigenvalue weighted by molar-refractivity contribution is 8.00. The molecule has 2 rings (SSSR count). The second-order valence-electron chi connectivity index (χ2n) is 3.62. The maximum absolute atomic E-state index is 8.69. The quantitative estimate of drug-likeness (QED) is 0.646. The van der Waals surface area contributed by atoms with E-state index < -0.39 is 0 Å². The molecule has 1 aromatic carbocycles. The van der Waals surface area contributed by atoms with Crippen molar-refractivity contribution >= 4 is 28.8 Å². The SMILES string of the molecule is N#Cc1ccc(NCCCSc2nccs2)cc1. The summed E-state index contributed by atoms with van der Waals surface area (Å²) in [7, 11) is 0. The van der Waals surface area contributed by atoms with Gasteiger partial charge in [0.25, 0.3) is 0 Å². The molecule has 2 aromatic rings. The molecule has 0 saturated carbocycles. The number of nitriles is 1. The van der Waals surface area contributed by atoms with E-state index in [1.165, 1.54) is 0 Å². The molecule has 0 bridgehead atoms. The zero-order valence-electron chi connectivity index (χ0n) is 9.80. The Morgan fingerprint density at radius 2 is 2.17 bits per heavy atom. The molecule has 0 aliphatic heterocycles. The van der Waals surface area contributed by atoms with E-state index in [-0.39, 0.29) is 0 Å². The lowest BCUT2D eigenvalue weighted by molar-refractivity contribution is 0.990. The molecule has 1 heterocycles. The Bertz CT molecular complexity index is 500. The number of rotatable bonds is 6. The molecule has 1 N–H and O–H groups in total. The minimum Gasteiger partial charge on any atom is -0.385 e. The van der Waals surface area contributed by atoms with Crippen molar-refractivity contribution in [3.8, 4) is 6.07 Å². The van der Waals surface area contributed by atoms with E-state index >= 15 is 0 Å². The van der Waals surface area contributed by atoms with E-state index in [9.17, 15) is 0 Å². The molecule has 0 saturated heterocycles. The summed E-state index contributed by atoms with van der Waals surface area (Å²) in [5.74, 6) is 1.07. The lowest BCUT2D eigenvalue weighted by Crippen LogP contribution is -2.02. The molecule has 5 heteroatoms. The van der Waals surface area contributed by atoms with Crippen molar-refractivity contribution in [3.05, 3.63) is 41.4 Å². The van der Waals surface area contributed by atoms with Gasteiger partial charge in [0.15, 0.2) is 0 Å². The summed E-state index contributed by atoms with van der Waals surface area (Å²) in [6.07, 6.45) is 2.92. The highest BCUT2D eigenvalue weighted by Gasteiger charge is 1.96. The van der Waals surface area contributed by atoms with Crippen LogP contribution in [0.5, 0.6) is 0 Å². The van der Waals surface area contributed by atoms with Gasteiger partial charge in [0.1, 0.15) is 4.34 Å². The van der Waals surface area contributed by atoms with Crippen LogP contribution in [0.25, 0.3) is 0 Å². The van der Waals surface area contributed by atoms with Crippen molar-refractivity contribution in [2.24, 2.45) is 0 Å². The Balaban J connectivity index is 1.64. The number of nitrogens with zero attached hydrogens (tertiary/aromatic N) is 2. The summed E-state index contributed by atoms with van der Waals surface area (Å²) in [6, 6.07) is 9.64. The highest BCUT2D eigenvalue weighted by atomic mass is 32.2. The Kier molecular flexibility index (Phi) is 5.06. The van der Waals surface area contributed by atoms with Crippen molar-refractivity contribution in [3.63, 3.8) is 0 Å². The summed E-state index contributed by atoms with van der Waals surface area (Å²) in [4.78, 5) is 4.22. The predicted octanol–water partition coefficient (Wildman–Crippen LogP) is 3.61. The molecular formula is C13H13N3S2. The van der Waals surface area contributed by atoms with Gasteiger partial charge in [-0.1, -0.05) is 11.8 Å². The van der Waals surface area contributed by atoms with Crippen LogP contribution in [0.1, 0.15) is 12.0 Å². The van der Waals surface area contributed by atoms with Crippen molar-refractivity contribution in [2.75, 3.05) is 17.6 Å². The molecule has 1 aromatic heterocycles. The van der Waals surface area contributed by atoms with Crippen LogP contribution in [0.3, 0.4) is 0 Å². The van der Waals surface area contributed by atoms with Crippen molar-refractivity contribution < 1.29 is 0 Å². The van der Waals surface area contributed by atoms with Gasteiger partial charge in [0.2, 0.25) is 0 Å². The van der Waals surface area contributed by atoms with Crippen LogP contribution < -0.4 is 5.32 Å². The minimum absolute atomic E-state index is 0.694. The number of thiazole rings is 1. The third-order valence-electron chi connectivity index (χ3n) is 2.30. The Morgan fingerprint density at radius 1 is 1.33 bits per heavy atom. The third kappa shape index (κ3) is 4.06. The van der Waals surface area contributed by atoms with Gasteiger partial charge in [-0.15, -0.1) is 11.3 Å². The molecule has 0 amide bonds. The molecule has 0 aliphatic rings. The number of nitrogens with one attached hydrogen (secondary N) is 1. The summed E-state index contributed by atoms with van der Waals surface area (Å²) in [5, 5.41) is 14.0. The Morgan fingerprint density at radius 3 is 2.83 bits per heavy atom. The Hall–Kier alpha value is -1.51. The van der Waals surface area contributed by atoms with E-state index in [0.717, 1.165) is 28.7 Å². The summed E-state index contributed by atoms with van der Waals surface area (Å²) in [6.45, 7) is 0.935. The molecule has 0 aliphatic carbocycles. The molecule has 0 spiro atoms. The number of aromatic nitrogens is 1. The second kappa shape index (κ2) is 7.04. The topological polar surface area (TPSA) is 48.7 Å². The summed E-state index contributed by atoms with van der Waals surface area (Å²) in [5.41, 5.74) is 1.76. The second-order valence-corrected chi connectivity index (χ2v) is 5.85. The molecule has 18 heavy (non-hydrogen) atoms. The molecule has 0 unspecified atom stereocenters. The van der Waals surface area contributed by atoms with Gasteiger partial charge in [-0.25, -0.2) is 4.98 Å². The summed E-state index contributed by atoms with van der Waals surface area (Å²) >= 11 is 3.47. The van der Waals surface area contributed by atoms with Crippen LogP contribution in [0.4, 0.5) is 5.69 Å². The largest absolute Gasteiger partial charge is 0.385 e. The van der Waals surface area contributed by atoms with Gasteiger partial charge in [0.05, 0.1) is 11.6 Å². The van der Waals surface area contributed by atoms with E-state index in [1.54, 1.807) is 23.1 Å². The predicted molar refractivity (Wildman–Crippen MR) is 77.1 cm³/mol. The first-order valence-corrected chi connectivity index (χ1v) is 7.51. The maximum Gasteiger partial charge on any atom is 0.149 e. The standard InChI is InChI=1S/C13H13N3S2/c14-10-11-2-4-12(5-3-11)15-6-1-8-17-13-16-7-9-18-13/h2-5,7,9,15H,1,6,8H2. The normalized spacial score (nSPS) is 9.94. The van der Waals surface area contributed by atoms with Gasteiger partial charge in [0, 0.05) is 29.6 Å². The first kappa shape index (κ1) is 12.9. The van der Waals surface area contributed by atoms with Crippen LogP contribution in [-0.4, -0.2) is 17.3 Å². The average Bonchev–Trinajstić information content (AvgIpc) is 2.92. The molecule has 0 radical (unpaired) electrons. The molecule has 3 nitrogen and oxygen atoms in total. The van der Waals surface area contributed by atoms with Gasteiger partial charge in [-0.05, 0) is 30.7 Å². The first-order chi connectivity index (χ1) is 8.88. The van der Waals surface area contributed by atoms with Crippen molar-refractivity contribution in [1.82, 2.24) is 4.98 Å². The van der Waals surface area contributed by atoms with Crippen LogP contribution in [0.15, 0.2) is 40.2 Å². The van der Waals surface area contributed by atoms with Crippen LogP contribution in [0, 0.1) is 11.3 Å². The van der Waals surface area contributed by atoms with E-state index in [4.69, 9.17) is 5.26 Å². The third-order valence-corrected chi connectivity index (χ3v) is 4.35. The number of hydrogen-bond acceptors (Lipinski definition) is 5. The van der Waals surface area contributed by atoms with E-state index in [0.29, 0.717) is 5.56 Å². The molecular weight excluding hydrogens is 262 g/mol. The average molecular weight is 275 g/mol. The molecule has 0 fully saturated rings. The number of benzene rings is 1. The monoisotopic (exact) mass is 275 g/mol.